The van der Waals surface area contributed by atoms with Crippen LogP contribution in [0.15, 0.2) is 18.2 Å². The molecule has 2 atom stereocenters. The van der Waals surface area contributed by atoms with E-state index in [0.717, 1.165) is 25.3 Å². The van der Waals surface area contributed by atoms with Crippen LogP contribution in [0, 0.1) is 5.92 Å². The smallest absolute Gasteiger partial charge is 0.143 e. The minimum absolute atomic E-state index is 0.394. The van der Waals surface area contributed by atoms with Gasteiger partial charge in [0.15, 0.2) is 0 Å². The summed E-state index contributed by atoms with van der Waals surface area (Å²) in [6, 6.07) is 6.16. The highest BCUT2D eigenvalue weighted by atomic mass is 16.5. The highest BCUT2D eigenvalue weighted by Crippen LogP contribution is 2.27. The second-order valence-corrected chi connectivity index (χ2v) is 4.51. The molecule has 1 saturated heterocycles. The molecule has 94 valence electrons. The molecular formula is C13H20N2O2. The van der Waals surface area contributed by atoms with Crippen LogP contribution in [0.3, 0.4) is 0 Å². The van der Waals surface area contributed by atoms with Gasteiger partial charge < -0.3 is 20.5 Å². The van der Waals surface area contributed by atoms with Gasteiger partial charge >= 0.3 is 0 Å². The summed E-state index contributed by atoms with van der Waals surface area (Å²) in [6.45, 7) is 3.91. The first-order valence-corrected chi connectivity index (χ1v) is 5.98. The van der Waals surface area contributed by atoms with Gasteiger partial charge in [0.1, 0.15) is 5.75 Å². The lowest BCUT2D eigenvalue weighted by molar-refractivity contribution is 0.183. The fourth-order valence-electron chi connectivity index (χ4n) is 2.13. The van der Waals surface area contributed by atoms with Crippen molar-refractivity contribution >= 4 is 11.4 Å². The third-order valence-electron chi connectivity index (χ3n) is 3.30. The number of hydrogen-bond acceptors (Lipinski definition) is 4. The summed E-state index contributed by atoms with van der Waals surface area (Å²) in [5, 5.41) is 3.47. The van der Waals surface area contributed by atoms with Gasteiger partial charge in [-0.2, -0.15) is 0 Å². The molecule has 1 fully saturated rings. The van der Waals surface area contributed by atoms with Crippen molar-refractivity contribution in [3.8, 4) is 5.75 Å². The molecule has 2 rings (SSSR count). The summed E-state index contributed by atoms with van der Waals surface area (Å²) in [6.07, 6.45) is 1.13. The van der Waals surface area contributed by atoms with E-state index in [9.17, 15) is 0 Å². The Balaban J connectivity index is 2.02. The molecule has 1 aliphatic rings. The Morgan fingerprint density at radius 3 is 3.00 bits per heavy atom. The van der Waals surface area contributed by atoms with E-state index in [-0.39, 0.29) is 0 Å². The Bertz CT molecular complexity index is 376. The third kappa shape index (κ3) is 2.82. The van der Waals surface area contributed by atoms with Crippen molar-refractivity contribution in [1.29, 1.82) is 0 Å². The summed E-state index contributed by atoms with van der Waals surface area (Å²) >= 11 is 0. The van der Waals surface area contributed by atoms with Crippen LogP contribution in [0.2, 0.25) is 0 Å². The Kier molecular flexibility index (Phi) is 3.74. The summed E-state index contributed by atoms with van der Waals surface area (Å²) < 4.78 is 10.6. The van der Waals surface area contributed by atoms with E-state index < -0.39 is 0 Å². The zero-order valence-corrected chi connectivity index (χ0v) is 10.4. The highest BCUT2D eigenvalue weighted by molar-refractivity contribution is 5.61. The van der Waals surface area contributed by atoms with E-state index in [0.29, 0.717) is 23.4 Å². The number of nitrogens with two attached hydrogens (primary N) is 1. The summed E-state index contributed by atoms with van der Waals surface area (Å²) in [4.78, 5) is 0. The molecule has 1 aromatic carbocycles. The third-order valence-corrected chi connectivity index (χ3v) is 3.30. The van der Waals surface area contributed by atoms with Gasteiger partial charge in [0, 0.05) is 30.3 Å². The van der Waals surface area contributed by atoms with Crippen LogP contribution in [-0.4, -0.2) is 26.4 Å². The number of rotatable bonds is 4. The summed E-state index contributed by atoms with van der Waals surface area (Å²) in [7, 11) is 1.63. The van der Waals surface area contributed by atoms with E-state index in [4.69, 9.17) is 15.2 Å². The molecule has 2 unspecified atom stereocenters. The van der Waals surface area contributed by atoms with Crippen LogP contribution in [0.4, 0.5) is 11.4 Å². The average molecular weight is 236 g/mol. The molecule has 4 heteroatoms. The maximum atomic E-state index is 5.78. The Labute approximate surface area is 102 Å². The predicted octanol–water partition coefficient (Wildman–Crippen LogP) is 2.11. The maximum Gasteiger partial charge on any atom is 0.143 e. The van der Waals surface area contributed by atoms with E-state index in [1.807, 2.05) is 18.2 Å². The number of nitrogens with one attached hydrogen (secondary N) is 1. The topological polar surface area (TPSA) is 56.5 Å². The van der Waals surface area contributed by atoms with Gasteiger partial charge in [-0.15, -0.1) is 0 Å². The minimum Gasteiger partial charge on any atom is -0.495 e. The maximum absolute atomic E-state index is 5.78. The Hall–Kier alpha value is -1.42. The monoisotopic (exact) mass is 236 g/mol. The van der Waals surface area contributed by atoms with E-state index >= 15 is 0 Å². The molecule has 0 aromatic heterocycles. The number of nitrogen functional groups attached to an aromatic ring is 1. The molecule has 0 radical (unpaired) electrons. The zero-order chi connectivity index (χ0) is 12.3. The second-order valence-electron chi connectivity index (χ2n) is 4.51. The molecule has 1 heterocycles. The van der Waals surface area contributed by atoms with Gasteiger partial charge in [-0.3, -0.25) is 0 Å². The van der Waals surface area contributed by atoms with Crippen molar-refractivity contribution in [1.82, 2.24) is 0 Å². The van der Waals surface area contributed by atoms with Crippen molar-refractivity contribution in [3.05, 3.63) is 18.2 Å². The van der Waals surface area contributed by atoms with Gasteiger partial charge in [-0.05, 0) is 25.5 Å². The molecule has 17 heavy (non-hydrogen) atoms. The van der Waals surface area contributed by atoms with Gasteiger partial charge in [0.05, 0.1) is 19.4 Å². The molecule has 0 bridgehead atoms. The number of hydrogen-bond donors (Lipinski definition) is 2. The SMILES string of the molecule is COc1cc(NC(C)C2CCOC2)ccc1N. The molecule has 0 aliphatic carbocycles. The van der Waals surface area contributed by atoms with Crippen LogP contribution in [0.5, 0.6) is 5.75 Å². The van der Waals surface area contributed by atoms with Crippen LogP contribution in [-0.2, 0) is 4.74 Å². The molecular weight excluding hydrogens is 216 g/mol. The van der Waals surface area contributed by atoms with Gasteiger partial charge in [-0.1, -0.05) is 0 Å². The molecule has 0 spiro atoms. The lowest BCUT2D eigenvalue weighted by Gasteiger charge is -2.21. The highest BCUT2D eigenvalue weighted by Gasteiger charge is 2.22. The number of benzene rings is 1. The minimum atomic E-state index is 0.394. The van der Waals surface area contributed by atoms with E-state index in [2.05, 4.69) is 12.2 Å². The fourth-order valence-corrected chi connectivity index (χ4v) is 2.13. The quantitative estimate of drug-likeness (QED) is 0.786. The Morgan fingerprint density at radius 2 is 2.35 bits per heavy atom. The van der Waals surface area contributed by atoms with Crippen molar-refractivity contribution in [2.24, 2.45) is 5.92 Å². The standard InChI is InChI=1S/C13H20N2O2/c1-9(10-5-6-17-8-10)15-11-3-4-12(14)13(7-11)16-2/h3-4,7,9-10,15H,5-6,8,14H2,1-2H3. The largest absolute Gasteiger partial charge is 0.495 e. The molecule has 0 saturated carbocycles. The van der Waals surface area contributed by atoms with Crippen molar-refractivity contribution in [3.63, 3.8) is 0 Å². The normalized spacial score (nSPS) is 21.2. The van der Waals surface area contributed by atoms with E-state index in [1.54, 1.807) is 7.11 Å². The van der Waals surface area contributed by atoms with Crippen molar-refractivity contribution in [2.45, 2.75) is 19.4 Å². The molecule has 1 aromatic rings. The molecule has 4 nitrogen and oxygen atoms in total. The second kappa shape index (κ2) is 5.27. The van der Waals surface area contributed by atoms with Crippen molar-refractivity contribution < 1.29 is 9.47 Å². The molecule has 3 N–H and O–H groups in total. The van der Waals surface area contributed by atoms with Gasteiger partial charge in [-0.25, -0.2) is 0 Å². The number of methoxy groups -OCH3 is 1. The first-order valence-electron chi connectivity index (χ1n) is 5.98. The average Bonchev–Trinajstić information content (AvgIpc) is 2.85. The molecule has 0 amide bonds. The first-order chi connectivity index (χ1) is 8.20. The van der Waals surface area contributed by atoms with Crippen LogP contribution in [0.25, 0.3) is 0 Å². The van der Waals surface area contributed by atoms with E-state index in [1.165, 1.54) is 0 Å². The van der Waals surface area contributed by atoms with Crippen LogP contribution in [0.1, 0.15) is 13.3 Å². The number of ether oxygens (including phenoxy) is 2. The van der Waals surface area contributed by atoms with Gasteiger partial charge in [0.25, 0.3) is 0 Å². The molecule has 1 aliphatic heterocycles. The summed E-state index contributed by atoms with van der Waals surface area (Å²) in [5.74, 6) is 1.29. The lowest BCUT2D eigenvalue weighted by atomic mass is 10.0. The number of anilines is 2. The fraction of sp³-hybridized carbons (Fsp3) is 0.538. The Morgan fingerprint density at radius 1 is 1.53 bits per heavy atom. The van der Waals surface area contributed by atoms with Crippen molar-refractivity contribution in [2.75, 3.05) is 31.4 Å². The van der Waals surface area contributed by atoms with Crippen LogP contribution < -0.4 is 15.8 Å². The predicted molar refractivity (Wildman–Crippen MR) is 69.4 cm³/mol. The lowest BCUT2D eigenvalue weighted by Crippen LogP contribution is -2.26. The van der Waals surface area contributed by atoms with Crippen LogP contribution >= 0.6 is 0 Å². The zero-order valence-electron chi connectivity index (χ0n) is 10.4. The van der Waals surface area contributed by atoms with Gasteiger partial charge in [0.2, 0.25) is 0 Å². The first kappa shape index (κ1) is 12.0. The summed E-state index contributed by atoms with van der Waals surface area (Å²) in [5.41, 5.74) is 7.48.